The molecule has 0 rings (SSSR count). The summed E-state index contributed by atoms with van der Waals surface area (Å²) in [6, 6.07) is 0. The van der Waals surface area contributed by atoms with Crippen molar-refractivity contribution in [2.24, 2.45) is 0 Å². The lowest BCUT2D eigenvalue weighted by atomic mass is 10.0. The van der Waals surface area contributed by atoms with E-state index in [4.69, 9.17) is 37.0 Å². The van der Waals surface area contributed by atoms with Gasteiger partial charge in [-0.05, 0) is 116 Å². The molecule has 0 saturated heterocycles. The van der Waals surface area contributed by atoms with Crippen LogP contribution in [0.1, 0.15) is 362 Å². The van der Waals surface area contributed by atoms with Crippen LogP contribution in [0.3, 0.4) is 0 Å². The van der Waals surface area contributed by atoms with Crippen molar-refractivity contribution in [3.05, 3.63) is 122 Å². The molecule has 4 atom stereocenters. The van der Waals surface area contributed by atoms with E-state index in [9.17, 15) is 43.2 Å². The highest BCUT2D eigenvalue weighted by molar-refractivity contribution is 7.47. The summed E-state index contributed by atoms with van der Waals surface area (Å²) in [6.07, 6.45) is 90.1. The van der Waals surface area contributed by atoms with Gasteiger partial charge in [0.15, 0.2) is 12.2 Å². The predicted octanol–water partition coefficient (Wildman–Crippen LogP) is 25.5. The number of carbonyl (C=O) groups is 4. The predicted molar refractivity (Wildman–Crippen MR) is 445 cm³/mol. The van der Waals surface area contributed by atoms with Gasteiger partial charge in [-0.1, -0.05) is 342 Å². The summed E-state index contributed by atoms with van der Waals surface area (Å²) in [5.41, 5.74) is 0. The third-order valence-electron chi connectivity index (χ3n) is 18.0. The summed E-state index contributed by atoms with van der Waals surface area (Å²) >= 11 is 0. The highest BCUT2D eigenvalue weighted by atomic mass is 31.2. The van der Waals surface area contributed by atoms with Crippen LogP contribution >= 0.6 is 15.6 Å². The molecule has 0 bridgehead atoms. The number of rotatable bonds is 80. The molecule has 0 heterocycles. The van der Waals surface area contributed by atoms with Crippen molar-refractivity contribution in [3.8, 4) is 0 Å². The quantitative estimate of drug-likeness (QED) is 0.0169. The number of phosphoric acid groups is 2. The first-order valence-corrected chi connectivity index (χ1v) is 45.8. The SMILES string of the molecule is CC/C=C\C/C=C\C/C=C\C/C=C\C/C=C\CCCCCC(=O)OC[C@H](COP(=O)(O)OCC(O)COP(=O)(O)OC[C@@H](COC(=O)CCCCC/C=C\C/C=C\C/C=C\C/C=C\C/C=C\CC)OC(=O)CCCCCCCCCCCCCCCCC)OC(=O)CCCCCCCCCCCCCCCCC. The zero-order valence-electron chi connectivity index (χ0n) is 68.2. The number of hydrogen-bond acceptors (Lipinski definition) is 15. The summed E-state index contributed by atoms with van der Waals surface area (Å²) in [7, 11) is -9.98. The molecule has 0 aromatic carbocycles. The molecule has 108 heavy (non-hydrogen) atoms. The standard InChI is InChI=1S/C89H154O17P2/c1-5-9-13-17-21-25-29-33-37-39-41-43-47-49-53-57-61-65-69-73-86(91)99-79-84(105-88(93)75-71-67-63-59-55-51-45-35-31-27-23-19-15-11-7-3)81-103-107(95,96)101-77-83(90)78-102-108(97,98)104-82-85(106-89(94)76-72-68-64-60-56-52-46-36-32-28-24-20-16-12-8-4)80-100-87(92)74-70-66-62-58-54-50-48-44-42-40-38-34-30-26-22-18-14-10-6-2/h9-10,13-14,21-22,25-26,33-34,37-38,41-44,49-50,53-54,83-85,90H,5-8,11-12,15-20,23-24,27-32,35-36,39-40,45-48,51-52,55-82H2,1-4H3,(H,95,96)(H,97,98)/b13-9-,14-10-,25-21-,26-22-,37-33-,38-34-,43-41-,44-42-,53-49-,54-50-/t84-,85-/m1/s1. The molecule has 0 aromatic rings. The van der Waals surface area contributed by atoms with Gasteiger partial charge in [0.1, 0.15) is 19.3 Å². The molecule has 0 aliphatic carbocycles. The van der Waals surface area contributed by atoms with Crippen LogP contribution in [0.15, 0.2) is 122 Å². The fourth-order valence-corrected chi connectivity index (χ4v) is 13.1. The number of aliphatic hydroxyl groups excluding tert-OH is 1. The zero-order chi connectivity index (χ0) is 78.9. The van der Waals surface area contributed by atoms with Crippen molar-refractivity contribution < 1.29 is 80.2 Å². The van der Waals surface area contributed by atoms with E-state index < -0.39 is 97.5 Å². The van der Waals surface area contributed by atoms with Gasteiger partial charge in [0.25, 0.3) is 0 Å². The van der Waals surface area contributed by atoms with E-state index in [0.717, 1.165) is 154 Å². The van der Waals surface area contributed by atoms with Gasteiger partial charge in [-0.3, -0.25) is 37.3 Å². The minimum atomic E-state index is -4.99. The molecule has 2 unspecified atom stereocenters. The first kappa shape index (κ1) is 103. The van der Waals surface area contributed by atoms with Gasteiger partial charge >= 0.3 is 39.5 Å². The van der Waals surface area contributed by atoms with Crippen LogP contribution in [0.4, 0.5) is 0 Å². The van der Waals surface area contributed by atoms with Gasteiger partial charge in [-0.25, -0.2) is 9.13 Å². The van der Waals surface area contributed by atoms with E-state index in [1.54, 1.807) is 0 Å². The van der Waals surface area contributed by atoms with Crippen molar-refractivity contribution in [2.45, 2.75) is 380 Å². The number of unbranched alkanes of at least 4 members (excludes halogenated alkanes) is 34. The Kier molecular flexibility index (Phi) is 77.1. The Balaban J connectivity index is 5.41. The minimum Gasteiger partial charge on any atom is -0.462 e. The van der Waals surface area contributed by atoms with Crippen molar-refractivity contribution in [1.82, 2.24) is 0 Å². The van der Waals surface area contributed by atoms with Gasteiger partial charge in [0.2, 0.25) is 0 Å². The Hall–Kier alpha value is -4.54. The molecule has 17 nitrogen and oxygen atoms in total. The number of carbonyl (C=O) groups excluding carboxylic acids is 4. The number of esters is 4. The first-order valence-electron chi connectivity index (χ1n) is 42.8. The second kappa shape index (κ2) is 80.5. The number of hydrogen-bond donors (Lipinski definition) is 3. The Morgan fingerprint density at radius 3 is 0.741 bits per heavy atom. The lowest BCUT2D eigenvalue weighted by Gasteiger charge is -2.21. The lowest BCUT2D eigenvalue weighted by molar-refractivity contribution is -0.161. The fourth-order valence-electron chi connectivity index (χ4n) is 11.5. The van der Waals surface area contributed by atoms with Crippen LogP contribution in [0.25, 0.3) is 0 Å². The van der Waals surface area contributed by atoms with Crippen molar-refractivity contribution in [1.29, 1.82) is 0 Å². The van der Waals surface area contributed by atoms with E-state index in [0.29, 0.717) is 25.7 Å². The van der Waals surface area contributed by atoms with E-state index in [1.165, 1.54) is 128 Å². The molecule has 3 N–H and O–H groups in total. The highest BCUT2D eigenvalue weighted by Gasteiger charge is 2.30. The molecule has 622 valence electrons. The van der Waals surface area contributed by atoms with Crippen molar-refractivity contribution >= 4 is 39.5 Å². The zero-order valence-corrected chi connectivity index (χ0v) is 70.0. The number of allylic oxidation sites excluding steroid dienone is 20. The second-order valence-electron chi connectivity index (χ2n) is 28.4. The van der Waals surface area contributed by atoms with Crippen LogP contribution in [0, 0.1) is 0 Å². The Morgan fingerprint density at radius 1 is 0.269 bits per heavy atom. The average Bonchev–Trinajstić information content (AvgIpc) is 0.923. The number of ether oxygens (including phenoxy) is 4. The molecule has 0 fully saturated rings. The monoisotopic (exact) mass is 1560 g/mol. The van der Waals surface area contributed by atoms with Gasteiger partial charge in [-0.15, -0.1) is 0 Å². The maximum atomic E-state index is 13.1. The second-order valence-corrected chi connectivity index (χ2v) is 31.3. The normalized spacial score (nSPS) is 14.4. The molecule has 0 aromatic heterocycles. The molecule has 0 aliphatic rings. The summed E-state index contributed by atoms with van der Waals surface area (Å²) in [4.78, 5) is 73.2. The van der Waals surface area contributed by atoms with E-state index in [-0.39, 0.29) is 25.7 Å². The molecule has 0 aliphatic heterocycles. The summed E-state index contributed by atoms with van der Waals surface area (Å²) < 4.78 is 68.8. The molecule has 0 amide bonds. The van der Waals surface area contributed by atoms with Crippen LogP contribution in [-0.4, -0.2) is 96.7 Å². The number of phosphoric ester groups is 2. The van der Waals surface area contributed by atoms with Gasteiger partial charge in [0.05, 0.1) is 26.4 Å². The maximum absolute atomic E-state index is 13.1. The van der Waals surface area contributed by atoms with Crippen LogP contribution in [0.2, 0.25) is 0 Å². The fraction of sp³-hybridized carbons (Fsp3) is 0.730. The topological polar surface area (TPSA) is 237 Å². The van der Waals surface area contributed by atoms with Gasteiger partial charge < -0.3 is 33.8 Å². The third-order valence-corrected chi connectivity index (χ3v) is 19.9. The molecule has 0 spiro atoms. The lowest BCUT2D eigenvalue weighted by Crippen LogP contribution is -2.30. The van der Waals surface area contributed by atoms with Crippen LogP contribution in [0.5, 0.6) is 0 Å². The first-order chi connectivity index (χ1) is 52.7. The minimum absolute atomic E-state index is 0.0889. The van der Waals surface area contributed by atoms with E-state index in [1.807, 2.05) is 0 Å². The maximum Gasteiger partial charge on any atom is 0.472 e. The molecule has 0 saturated carbocycles. The highest BCUT2D eigenvalue weighted by Crippen LogP contribution is 2.45. The van der Waals surface area contributed by atoms with Gasteiger partial charge in [0, 0.05) is 25.7 Å². The van der Waals surface area contributed by atoms with E-state index >= 15 is 0 Å². The molecule has 19 heteroatoms. The Labute approximate surface area is 657 Å². The van der Waals surface area contributed by atoms with Crippen molar-refractivity contribution in [2.75, 3.05) is 39.6 Å². The molecular weight excluding hydrogens is 1400 g/mol. The third kappa shape index (κ3) is 79.5. The summed E-state index contributed by atoms with van der Waals surface area (Å²) in [5, 5.41) is 10.7. The van der Waals surface area contributed by atoms with Crippen LogP contribution < -0.4 is 0 Å². The Morgan fingerprint density at radius 2 is 0.481 bits per heavy atom. The van der Waals surface area contributed by atoms with Crippen molar-refractivity contribution in [3.63, 3.8) is 0 Å². The van der Waals surface area contributed by atoms with Gasteiger partial charge in [-0.2, -0.15) is 0 Å². The largest absolute Gasteiger partial charge is 0.472 e. The number of aliphatic hydroxyl groups is 1. The smallest absolute Gasteiger partial charge is 0.462 e. The van der Waals surface area contributed by atoms with Crippen LogP contribution in [-0.2, 0) is 65.4 Å². The Bertz CT molecular complexity index is 2350. The van der Waals surface area contributed by atoms with E-state index in [2.05, 4.69) is 149 Å². The summed E-state index contributed by atoms with van der Waals surface area (Å²) in [6.45, 7) is 4.64. The molecular formula is C89H154O17P2. The molecule has 0 radical (unpaired) electrons. The summed E-state index contributed by atoms with van der Waals surface area (Å²) in [5.74, 6) is -2.23. The average molecular weight is 1560 g/mol.